The van der Waals surface area contributed by atoms with Crippen LogP contribution in [0, 0.1) is 0 Å². The Balaban J connectivity index is 1.77. The second kappa shape index (κ2) is 12.2. The summed E-state index contributed by atoms with van der Waals surface area (Å²) in [5.74, 6) is -0.0246. The van der Waals surface area contributed by atoms with Gasteiger partial charge in [-0.3, -0.25) is 9.59 Å². The maximum absolute atomic E-state index is 13.5. The number of carbonyl (C=O) groups is 2. The third kappa shape index (κ3) is 6.67. The van der Waals surface area contributed by atoms with Gasteiger partial charge in [0.15, 0.2) is 0 Å². The van der Waals surface area contributed by atoms with Crippen LogP contribution >= 0.6 is 0 Å². The molecule has 0 heterocycles. The van der Waals surface area contributed by atoms with E-state index < -0.39 is 6.04 Å². The van der Waals surface area contributed by atoms with Crippen LogP contribution in [0.15, 0.2) is 72.8 Å². The zero-order chi connectivity index (χ0) is 23.6. The minimum Gasteiger partial charge on any atom is -0.352 e. The average molecular weight is 445 g/mol. The summed E-state index contributed by atoms with van der Waals surface area (Å²) in [6, 6.07) is 24.3. The monoisotopic (exact) mass is 444 g/mol. The minimum absolute atomic E-state index is 0.0324. The number of rotatable bonds is 11. The van der Waals surface area contributed by atoms with Gasteiger partial charge >= 0.3 is 0 Å². The van der Waals surface area contributed by atoms with Gasteiger partial charge in [-0.2, -0.15) is 0 Å². The van der Waals surface area contributed by atoms with Crippen LogP contribution in [0.2, 0.25) is 0 Å². The molecule has 0 radical (unpaired) electrons. The number of nitrogens with zero attached hydrogens (tertiary/aromatic N) is 1. The van der Waals surface area contributed by atoms with Gasteiger partial charge in [0.25, 0.3) is 0 Å². The smallest absolute Gasteiger partial charge is 0.243 e. The van der Waals surface area contributed by atoms with E-state index in [0.29, 0.717) is 25.8 Å². The minimum atomic E-state index is -0.456. The van der Waals surface area contributed by atoms with Crippen LogP contribution < -0.4 is 5.32 Å². The lowest BCUT2D eigenvalue weighted by molar-refractivity contribution is -0.141. The van der Waals surface area contributed by atoms with E-state index in [1.807, 2.05) is 50.2 Å². The van der Waals surface area contributed by atoms with E-state index in [4.69, 9.17) is 0 Å². The zero-order valence-electron chi connectivity index (χ0n) is 20.1. The van der Waals surface area contributed by atoms with E-state index in [1.165, 1.54) is 21.9 Å². The molecule has 0 aliphatic carbocycles. The van der Waals surface area contributed by atoms with Gasteiger partial charge in [-0.1, -0.05) is 86.6 Å². The van der Waals surface area contributed by atoms with Crippen LogP contribution in [-0.2, 0) is 22.4 Å². The normalized spacial score (nSPS) is 12.8. The second-order valence-electron chi connectivity index (χ2n) is 8.70. The molecule has 0 unspecified atom stereocenters. The summed E-state index contributed by atoms with van der Waals surface area (Å²) in [7, 11) is 0. The third-order valence-corrected chi connectivity index (χ3v) is 6.36. The first-order valence-corrected chi connectivity index (χ1v) is 12.1. The Labute approximate surface area is 198 Å². The highest BCUT2D eigenvalue weighted by molar-refractivity contribution is 5.89. The predicted molar refractivity (Wildman–Crippen MR) is 136 cm³/mol. The Kier molecular flexibility index (Phi) is 9.05. The van der Waals surface area contributed by atoms with Crippen molar-refractivity contribution in [2.75, 3.05) is 6.54 Å². The number of amides is 2. The second-order valence-corrected chi connectivity index (χ2v) is 8.70. The fourth-order valence-electron chi connectivity index (χ4n) is 4.23. The first kappa shape index (κ1) is 24.5. The van der Waals surface area contributed by atoms with E-state index in [9.17, 15) is 9.59 Å². The van der Waals surface area contributed by atoms with Crippen molar-refractivity contribution in [1.29, 1.82) is 0 Å². The van der Waals surface area contributed by atoms with E-state index in [2.05, 4.69) is 48.6 Å². The lowest BCUT2D eigenvalue weighted by Crippen LogP contribution is -2.51. The van der Waals surface area contributed by atoms with Crippen LogP contribution in [0.25, 0.3) is 10.8 Å². The number of hydrogen-bond donors (Lipinski definition) is 1. The van der Waals surface area contributed by atoms with Gasteiger partial charge in [0.2, 0.25) is 11.8 Å². The third-order valence-electron chi connectivity index (χ3n) is 6.36. The highest BCUT2D eigenvalue weighted by atomic mass is 16.2. The molecule has 4 nitrogen and oxygen atoms in total. The van der Waals surface area contributed by atoms with E-state index >= 15 is 0 Å². The summed E-state index contributed by atoms with van der Waals surface area (Å²) in [6.07, 6.45) is 3.23. The predicted octanol–water partition coefficient (Wildman–Crippen LogP) is 5.54. The molecule has 0 aliphatic rings. The van der Waals surface area contributed by atoms with Crippen molar-refractivity contribution in [2.24, 2.45) is 0 Å². The van der Waals surface area contributed by atoms with Gasteiger partial charge in [-0.15, -0.1) is 0 Å². The van der Waals surface area contributed by atoms with Crippen molar-refractivity contribution in [3.63, 3.8) is 0 Å². The Morgan fingerprint density at radius 2 is 1.55 bits per heavy atom. The maximum Gasteiger partial charge on any atom is 0.243 e. The summed E-state index contributed by atoms with van der Waals surface area (Å²) in [5.41, 5.74) is 2.34. The first-order chi connectivity index (χ1) is 16.0. The van der Waals surface area contributed by atoms with E-state index in [1.54, 1.807) is 4.90 Å². The zero-order valence-corrected chi connectivity index (χ0v) is 20.1. The molecular formula is C29H36N2O2. The molecule has 4 heteroatoms. The maximum atomic E-state index is 13.5. The molecule has 3 aromatic carbocycles. The molecule has 3 aromatic rings. The van der Waals surface area contributed by atoms with Crippen molar-refractivity contribution in [3.8, 4) is 0 Å². The highest BCUT2D eigenvalue weighted by Crippen LogP contribution is 2.21. The van der Waals surface area contributed by atoms with Gasteiger partial charge in [-0.25, -0.2) is 0 Å². The van der Waals surface area contributed by atoms with Gasteiger partial charge in [0.05, 0.1) is 0 Å². The molecule has 0 aromatic heterocycles. The van der Waals surface area contributed by atoms with Gasteiger partial charge in [0, 0.05) is 19.0 Å². The van der Waals surface area contributed by atoms with E-state index in [-0.39, 0.29) is 17.9 Å². The summed E-state index contributed by atoms with van der Waals surface area (Å²) >= 11 is 0. The highest BCUT2D eigenvalue weighted by Gasteiger charge is 2.28. The molecule has 1 N–H and O–H groups in total. The number of benzene rings is 3. The van der Waals surface area contributed by atoms with Crippen LogP contribution in [0.3, 0.4) is 0 Å². The van der Waals surface area contributed by atoms with Gasteiger partial charge in [0.1, 0.15) is 6.04 Å². The Morgan fingerprint density at radius 3 is 2.27 bits per heavy atom. The quantitative estimate of drug-likeness (QED) is 0.422. The molecule has 0 aliphatic heterocycles. The number of hydrogen-bond acceptors (Lipinski definition) is 2. The summed E-state index contributed by atoms with van der Waals surface area (Å²) in [6.45, 7) is 6.56. The van der Waals surface area contributed by atoms with E-state index in [0.717, 1.165) is 12.8 Å². The summed E-state index contributed by atoms with van der Waals surface area (Å²) < 4.78 is 0. The molecule has 174 valence electrons. The standard InChI is InChI=1S/C29H36N2O2/c1-4-22(3)30-29(33)27(5-2)31(21-20-23-12-7-6-8-13-23)28(32)19-18-25-16-11-15-24-14-9-10-17-26(24)25/h6-17,22,27H,4-5,18-21H2,1-3H3,(H,30,33)/t22-,27+/m0/s1. The fourth-order valence-corrected chi connectivity index (χ4v) is 4.23. The van der Waals surface area contributed by atoms with Crippen LogP contribution in [0.4, 0.5) is 0 Å². The average Bonchev–Trinajstić information content (AvgIpc) is 2.85. The molecule has 2 amide bonds. The molecule has 33 heavy (non-hydrogen) atoms. The number of fused-ring (bicyclic) bond motifs is 1. The van der Waals surface area contributed by atoms with Crippen molar-refractivity contribution in [1.82, 2.24) is 10.2 Å². The summed E-state index contributed by atoms with van der Waals surface area (Å²) in [5, 5.41) is 5.45. The van der Waals surface area contributed by atoms with Crippen molar-refractivity contribution in [3.05, 3.63) is 83.9 Å². The van der Waals surface area contributed by atoms with Crippen molar-refractivity contribution in [2.45, 2.75) is 65.0 Å². The Morgan fingerprint density at radius 1 is 0.848 bits per heavy atom. The lowest BCUT2D eigenvalue weighted by Gasteiger charge is -2.31. The van der Waals surface area contributed by atoms with Gasteiger partial charge < -0.3 is 10.2 Å². The van der Waals surface area contributed by atoms with Crippen LogP contribution in [0.1, 0.15) is 51.2 Å². The number of carbonyl (C=O) groups excluding carboxylic acids is 2. The molecule has 2 atom stereocenters. The van der Waals surface area contributed by atoms with Crippen LogP contribution in [0.5, 0.6) is 0 Å². The first-order valence-electron chi connectivity index (χ1n) is 12.1. The molecule has 0 spiro atoms. The Hall–Kier alpha value is -3.14. The van der Waals surface area contributed by atoms with Crippen molar-refractivity contribution < 1.29 is 9.59 Å². The van der Waals surface area contributed by atoms with Crippen LogP contribution in [-0.4, -0.2) is 35.3 Å². The Bertz CT molecular complexity index is 1040. The van der Waals surface area contributed by atoms with Gasteiger partial charge in [-0.05, 0) is 54.5 Å². The molecular weight excluding hydrogens is 408 g/mol. The topological polar surface area (TPSA) is 49.4 Å². The fraction of sp³-hybridized carbons (Fsp3) is 0.379. The number of nitrogens with one attached hydrogen (secondary N) is 1. The molecule has 3 rings (SSSR count). The molecule has 0 bridgehead atoms. The number of aryl methyl sites for hydroxylation is 1. The lowest BCUT2D eigenvalue weighted by atomic mass is 10.00. The molecule has 0 saturated heterocycles. The molecule has 0 saturated carbocycles. The summed E-state index contributed by atoms with van der Waals surface area (Å²) in [4.78, 5) is 28.3. The largest absolute Gasteiger partial charge is 0.352 e. The van der Waals surface area contributed by atoms with Crippen molar-refractivity contribution >= 4 is 22.6 Å². The molecule has 0 fully saturated rings. The SMILES string of the molecule is CC[C@H](C(=O)N[C@@H](C)CC)N(CCc1ccccc1)C(=O)CCc1cccc2ccccc12.